The molecule has 0 atom stereocenters. The van der Waals surface area contributed by atoms with Crippen molar-refractivity contribution < 1.29 is 19.2 Å². The summed E-state index contributed by atoms with van der Waals surface area (Å²) in [6.07, 6.45) is 5.16. The molecule has 1 aliphatic carbocycles. The Bertz CT molecular complexity index is 711. The van der Waals surface area contributed by atoms with Gasteiger partial charge in [-0.3, -0.25) is 4.79 Å². The van der Waals surface area contributed by atoms with Gasteiger partial charge in [0.25, 0.3) is 0 Å². The SMILES string of the molecule is O=C(CCc1nc(-c2ncccn2)no1)NC1(C(=O)O)CCC1. The Hall–Kier alpha value is -2.84. The fourth-order valence-corrected chi connectivity index (χ4v) is 2.33. The molecule has 1 saturated carbocycles. The summed E-state index contributed by atoms with van der Waals surface area (Å²) in [4.78, 5) is 35.2. The van der Waals surface area contributed by atoms with Gasteiger partial charge in [-0.1, -0.05) is 5.16 Å². The van der Waals surface area contributed by atoms with Crippen molar-refractivity contribution in [3.05, 3.63) is 24.4 Å². The molecule has 3 rings (SSSR count). The first-order valence-corrected chi connectivity index (χ1v) is 7.23. The van der Waals surface area contributed by atoms with Gasteiger partial charge < -0.3 is 14.9 Å². The van der Waals surface area contributed by atoms with Gasteiger partial charge >= 0.3 is 5.97 Å². The number of hydrogen-bond donors (Lipinski definition) is 2. The zero-order valence-corrected chi connectivity index (χ0v) is 12.2. The van der Waals surface area contributed by atoms with Crippen LogP contribution in [0.4, 0.5) is 0 Å². The monoisotopic (exact) mass is 317 g/mol. The summed E-state index contributed by atoms with van der Waals surface area (Å²) in [5, 5.41) is 15.5. The molecule has 0 unspecified atom stereocenters. The zero-order valence-electron chi connectivity index (χ0n) is 12.2. The number of nitrogens with zero attached hydrogens (tertiary/aromatic N) is 4. The second-order valence-corrected chi connectivity index (χ2v) is 5.37. The summed E-state index contributed by atoms with van der Waals surface area (Å²) in [5.41, 5.74) is -1.10. The van der Waals surface area contributed by atoms with Crippen molar-refractivity contribution in [1.82, 2.24) is 25.4 Å². The fraction of sp³-hybridized carbons (Fsp3) is 0.429. The molecule has 0 spiro atoms. The van der Waals surface area contributed by atoms with Crippen molar-refractivity contribution in [3.8, 4) is 11.6 Å². The number of nitrogens with one attached hydrogen (secondary N) is 1. The fourth-order valence-electron chi connectivity index (χ4n) is 2.33. The quantitative estimate of drug-likeness (QED) is 0.791. The Kier molecular flexibility index (Phi) is 4.00. The molecule has 2 heterocycles. The van der Waals surface area contributed by atoms with Gasteiger partial charge in [-0.2, -0.15) is 4.98 Å². The normalized spacial score (nSPS) is 15.7. The molecule has 2 aromatic rings. The van der Waals surface area contributed by atoms with E-state index in [0.717, 1.165) is 6.42 Å². The number of hydrogen-bond acceptors (Lipinski definition) is 7. The number of aryl methyl sites for hydroxylation is 1. The van der Waals surface area contributed by atoms with Crippen molar-refractivity contribution in [2.75, 3.05) is 0 Å². The minimum Gasteiger partial charge on any atom is -0.480 e. The maximum Gasteiger partial charge on any atom is 0.329 e. The van der Waals surface area contributed by atoms with Crippen LogP contribution in [-0.2, 0) is 16.0 Å². The molecule has 0 aliphatic heterocycles. The minimum absolute atomic E-state index is 0.0757. The van der Waals surface area contributed by atoms with Crippen LogP contribution in [0.5, 0.6) is 0 Å². The molecular formula is C14H15N5O4. The predicted molar refractivity (Wildman–Crippen MR) is 76.0 cm³/mol. The summed E-state index contributed by atoms with van der Waals surface area (Å²) in [5.74, 6) is -0.463. The van der Waals surface area contributed by atoms with Crippen LogP contribution in [0.25, 0.3) is 11.6 Å². The number of aliphatic carboxylic acids is 1. The van der Waals surface area contributed by atoms with Crippen LogP contribution in [0.3, 0.4) is 0 Å². The highest BCUT2D eigenvalue weighted by molar-refractivity contribution is 5.87. The van der Waals surface area contributed by atoms with Crippen molar-refractivity contribution in [2.24, 2.45) is 0 Å². The van der Waals surface area contributed by atoms with Crippen molar-refractivity contribution >= 4 is 11.9 Å². The lowest BCUT2D eigenvalue weighted by atomic mass is 9.76. The second kappa shape index (κ2) is 6.11. The van der Waals surface area contributed by atoms with Crippen molar-refractivity contribution in [1.29, 1.82) is 0 Å². The van der Waals surface area contributed by atoms with Crippen LogP contribution in [-0.4, -0.2) is 42.6 Å². The van der Waals surface area contributed by atoms with Gasteiger partial charge in [0.15, 0.2) is 0 Å². The minimum atomic E-state index is -1.10. The number of carboxylic acid groups (broad SMARTS) is 1. The number of rotatable bonds is 6. The Balaban J connectivity index is 1.56. The lowest BCUT2D eigenvalue weighted by Crippen LogP contribution is -2.59. The third kappa shape index (κ3) is 3.17. The summed E-state index contributed by atoms with van der Waals surface area (Å²) < 4.78 is 5.05. The van der Waals surface area contributed by atoms with E-state index in [4.69, 9.17) is 4.52 Å². The predicted octanol–water partition coefficient (Wildman–Crippen LogP) is 0.583. The van der Waals surface area contributed by atoms with E-state index < -0.39 is 11.5 Å². The number of aromatic nitrogens is 4. The lowest BCUT2D eigenvalue weighted by molar-refractivity contribution is -0.151. The summed E-state index contributed by atoms with van der Waals surface area (Å²) in [6, 6.07) is 1.67. The van der Waals surface area contributed by atoms with E-state index in [1.54, 1.807) is 18.5 Å². The Morgan fingerprint density at radius 2 is 2.00 bits per heavy atom. The van der Waals surface area contributed by atoms with Gasteiger partial charge in [-0.25, -0.2) is 14.8 Å². The number of carbonyl (C=O) groups is 2. The molecule has 1 aliphatic rings. The van der Waals surface area contributed by atoms with Crippen LogP contribution >= 0.6 is 0 Å². The first-order chi connectivity index (χ1) is 11.1. The molecule has 9 nitrogen and oxygen atoms in total. The van der Waals surface area contributed by atoms with Gasteiger partial charge in [0.05, 0.1) is 0 Å². The van der Waals surface area contributed by atoms with Gasteiger partial charge in [0.1, 0.15) is 5.54 Å². The molecule has 0 bridgehead atoms. The molecule has 0 aromatic carbocycles. The first-order valence-electron chi connectivity index (χ1n) is 7.23. The first kappa shape index (κ1) is 15.1. The van der Waals surface area contributed by atoms with Crippen LogP contribution in [0.15, 0.2) is 23.0 Å². The van der Waals surface area contributed by atoms with E-state index in [-0.39, 0.29) is 30.5 Å². The van der Waals surface area contributed by atoms with Crippen LogP contribution in [0.1, 0.15) is 31.6 Å². The maximum atomic E-state index is 11.9. The topological polar surface area (TPSA) is 131 Å². The number of carbonyl (C=O) groups excluding carboxylic acids is 1. The lowest BCUT2D eigenvalue weighted by Gasteiger charge is -2.38. The second-order valence-electron chi connectivity index (χ2n) is 5.37. The van der Waals surface area contributed by atoms with Crippen LogP contribution in [0.2, 0.25) is 0 Å². The van der Waals surface area contributed by atoms with E-state index >= 15 is 0 Å². The van der Waals surface area contributed by atoms with Gasteiger partial charge in [-0.15, -0.1) is 0 Å². The van der Waals surface area contributed by atoms with E-state index in [1.165, 1.54) is 0 Å². The standard InChI is InChI=1S/C14H15N5O4/c20-9(18-14(13(21)22)5-1-6-14)3-4-10-17-12(19-23-10)11-15-7-2-8-16-11/h2,7-8H,1,3-6H2,(H,18,20)(H,21,22). The van der Waals surface area contributed by atoms with Gasteiger partial charge in [0.2, 0.25) is 23.4 Å². The Morgan fingerprint density at radius 3 is 2.61 bits per heavy atom. The highest BCUT2D eigenvalue weighted by Gasteiger charge is 2.45. The summed E-state index contributed by atoms with van der Waals surface area (Å²) in [7, 11) is 0. The third-order valence-corrected chi connectivity index (χ3v) is 3.79. The van der Waals surface area contributed by atoms with Crippen LogP contribution < -0.4 is 5.32 Å². The van der Waals surface area contributed by atoms with E-state index in [0.29, 0.717) is 18.7 Å². The van der Waals surface area contributed by atoms with Gasteiger partial charge in [0, 0.05) is 25.2 Å². The molecule has 9 heteroatoms. The molecule has 1 fully saturated rings. The smallest absolute Gasteiger partial charge is 0.329 e. The van der Waals surface area contributed by atoms with Crippen LogP contribution in [0, 0.1) is 0 Å². The molecule has 23 heavy (non-hydrogen) atoms. The number of carboxylic acids is 1. The van der Waals surface area contributed by atoms with E-state index in [1.807, 2.05) is 0 Å². The summed E-state index contributed by atoms with van der Waals surface area (Å²) in [6.45, 7) is 0. The molecule has 120 valence electrons. The molecule has 0 saturated heterocycles. The van der Waals surface area contributed by atoms with E-state index in [2.05, 4.69) is 25.4 Å². The van der Waals surface area contributed by atoms with E-state index in [9.17, 15) is 14.7 Å². The average molecular weight is 317 g/mol. The molecule has 1 amide bonds. The third-order valence-electron chi connectivity index (χ3n) is 3.79. The Labute approximate surface area is 131 Å². The highest BCUT2D eigenvalue weighted by atomic mass is 16.5. The van der Waals surface area contributed by atoms with Gasteiger partial charge in [-0.05, 0) is 25.3 Å². The highest BCUT2D eigenvalue weighted by Crippen LogP contribution is 2.32. The zero-order chi connectivity index (χ0) is 16.3. The van der Waals surface area contributed by atoms with Crippen molar-refractivity contribution in [2.45, 2.75) is 37.6 Å². The molecular weight excluding hydrogens is 302 g/mol. The average Bonchev–Trinajstić information content (AvgIpc) is 2.98. The molecule has 0 radical (unpaired) electrons. The largest absolute Gasteiger partial charge is 0.480 e. The number of amides is 1. The molecule has 2 aromatic heterocycles. The maximum absolute atomic E-state index is 11.9. The van der Waals surface area contributed by atoms with Crippen molar-refractivity contribution in [3.63, 3.8) is 0 Å². The Morgan fingerprint density at radius 1 is 1.26 bits per heavy atom. The summed E-state index contributed by atoms with van der Waals surface area (Å²) >= 11 is 0. The molecule has 2 N–H and O–H groups in total.